The van der Waals surface area contributed by atoms with Crippen LogP contribution in [0, 0.1) is 41.9 Å². The Kier molecular flexibility index (Phi) is 14.1. The van der Waals surface area contributed by atoms with Crippen molar-refractivity contribution in [1.82, 2.24) is 0 Å². The summed E-state index contributed by atoms with van der Waals surface area (Å²) >= 11 is 6.18. The third-order valence-electron chi connectivity index (χ3n) is 15.4. The number of carboxylic acids is 1. The molecule has 17 nitrogen and oxygen atoms in total. The molecule has 3 fully saturated rings. The summed E-state index contributed by atoms with van der Waals surface area (Å²) in [5, 5.41) is 66.3. The highest BCUT2D eigenvalue weighted by molar-refractivity contribution is 6.32. The summed E-state index contributed by atoms with van der Waals surface area (Å²) in [6, 6.07) is 2.71. The van der Waals surface area contributed by atoms with Crippen LogP contribution < -0.4 is 0 Å². The molecule has 18 heteroatoms. The number of carboxylic acid groups (broad SMARTS) is 1. The molecule has 17 atom stereocenters. The smallest absolute Gasteiger partial charge is 0.379 e. The van der Waals surface area contributed by atoms with Crippen molar-refractivity contribution in [3.8, 4) is 5.75 Å². The maximum atomic E-state index is 14.8. The van der Waals surface area contributed by atoms with E-state index in [1.807, 2.05) is 25.2 Å². The molecule has 366 valence electrons. The molecular weight excluding hydrogens is 896 g/mol. The number of allylic oxidation sites excluding steroid dienone is 2. The number of fused-ring (bicyclic) bond motifs is 3. The molecule has 3 aliphatic carbocycles. The minimum absolute atomic E-state index is 0.0340. The van der Waals surface area contributed by atoms with Crippen LogP contribution in [0.5, 0.6) is 5.75 Å². The number of ether oxygens (including phenoxy) is 7. The third-order valence-corrected chi connectivity index (χ3v) is 15.8. The predicted molar refractivity (Wildman–Crippen MR) is 235 cm³/mol. The molecular formula is C49H61ClO17. The van der Waals surface area contributed by atoms with Gasteiger partial charge in [-0.2, -0.15) is 0 Å². The van der Waals surface area contributed by atoms with Gasteiger partial charge in [-0.1, -0.05) is 61.7 Å². The number of carbonyl (C=O) groups excluding carboxylic acids is 3. The fourth-order valence-corrected chi connectivity index (χ4v) is 11.6. The van der Waals surface area contributed by atoms with Gasteiger partial charge in [-0.25, -0.2) is 14.4 Å². The Balaban J connectivity index is 0.970. The maximum Gasteiger partial charge on any atom is 0.379 e. The summed E-state index contributed by atoms with van der Waals surface area (Å²) in [5.74, 6) is -7.75. The Morgan fingerprint density at radius 3 is 2.39 bits per heavy atom. The molecule has 2 saturated heterocycles. The number of carbonyl (C=O) groups is 4. The van der Waals surface area contributed by atoms with Crippen molar-refractivity contribution in [2.75, 3.05) is 0 Å². The molecule has 1 spiro atoms. The van der Waals surface area contributed by atoms with Crippen molar-refractivity contribution in [2.45, 2.75) is 159 Å². The third kappa shape index (κ3) is 8.95. The van der Waals surface area contributed by atoms with Gasteiger partial charge in [0, 0.05) is 35.3 Å². The highest BCUT2D eigenvalue weighted by atomic mass is 35.5. The van der Waals surface area contributed by atoms with E-state index in [1.54, 1.807) is 33.8 Å². The lowest BCUT2D eigenvalue weighted by Gasteiger charge is -2.51. The topological polar surface area (TPSA) is 254 Å². The number of phenols is 1. The highest BCUT2D eigenvalue weighted by Gasteiger charge is 2.60. The molecule has 7 aliphatic rings. The van der Waals surface area contributed by atoms with Crippen molar-refractivity contribution in [3.05, 3.63) is 75.8 Å². The lowest BCUT2D eigenvalue weighted by molar-refractivity contribution is -0.343. The first-order valence-corrected chi connectivity index (χ1v) is 23.7. The van der Waals surface area contributed by atoms with E-state index in [0.717, 1.165) is 12.8 Å². The van der Waals surface area contributed by atoms with E-state index in [1.165, 1.54) is 18.2 Å². The van der Waals surface area contributed by atoms with Crippen LogP contribution in [0.4, 0.5) is 0 Å². The van der Waals surface area contributed by atoms with Crippen molar-refractivity contribution in [3.63, 3.8) is 0 Å². The van der Waals surface area contributed by atoms with Gasteiger partial charge in [0.2, 0.25) is 0 Å². The number of rotatable bonds is 7. The van der Waals surface area contributed by atoms with Crippen LogP contribution in [-0.4, -0.2) is 122 Å². The van der Waals surface area contributed by atoms with Gasteiger partial charge in [-0.15, -0.1) is 0 Å². The van der Waals surface area contributed by atoms with Crippen LogP contribution in [0.25, 0.3) is 0 Å². The molecule has 0 unspecified atom stereocenters. The number of aliphatic hydroxyl groups is 4. The number of aliphatic hydroxyl groups excluding tert-OH is 4. The quantitative estimate of drug-likeness (QED) is 0.110. The SMILES string of the molecule is Cc1c(Cl)ccc(O)c1C(=O)O[C@@H]1C[C@H](O[C@H]2[C@H](O)[C@@H](O)[C@H](O[C@H]3CCC[C@@H]4[C@@H]3C=C[C@H]3CCCC/C=C/[C@@H]5C=C(C(=O)O)[C@H](C)C[C@]56OC(=O)C(=C6O)OC(=O)[C@@]43C)O[C@@H]2C)O[C@H](C)[C@H]1O. The normalized spacial score (nSPS) is 41.6. The second-order valence-electron chi connectivity index (χ2n) is 19.5. The molecule has 1 saturated carbocycles. The van der Waals surface area contributed by atoms with Gasteiger partial charge < -0.3 is 63.8 Å². The Hall–Kier alpha value is -4.33. The molecule has 0 aromatic heterocycles. The van der Waals surface area contributed by atoms with Gasteiger partial charge in [0.15, 0.2) is 23.9 Å². The van der Waals surface area contributed by atoms with Gasteiger partial charge in [-0.05, 0) is 95.2 Å². The van der Waals surface area contributed by atoms with Gasteiger partial charge in [0.1, 0.15) is 41.8 Å². The zero-order chi connectivity index (χ0) is 48.3. The summed E-state index contributed by atoms with van der Waals surface area (Å²) in [5.41, 5.74) is -2.59. The van der Waals surface area contributed by atoms with Crippen LogP contribution >= 0.6 is 11.6 Å². The van der Waals surface area contributed by atoms with E-state index in [-0.39, 0.29) is 46.6 Å². The standard InChI is InChI=1S/C49H61ClO17/c1-22-21-49-27(19-29(22)43(56)57)12-9-7-6-8-11-26-15-16-28-30(48(26,5)47(60)66-41(42(49)55)45(59)67-49)13-10-14-33(28)64-46-39(54)38(53)40(25(4)62-46)65-35-20-34(37(52)24(3)61-35)63-44(58)36-23(2)31(50)17-18-32(36)51/h9,12,15-19,22,24-28,30,33-35,37-40,46,51-55H,6-8,10-11,13-14,20-21H2,1-5H3,(H,56,57)/b12-9+/t22-,24-,25-,26-,27-,28+,30-,33+,34-,35+,37-,38-,39-,40-,46+,48-,49+/m1/s1. The molecule has 8 rings (SSSR count). The first-order chi connectivity index (χ1) is 31.8. The van der Waals surface area contributed by atoms with Crippen molar-refractivity contribution in [1.29, 1.82) is 0 Å². The molecule has 0 radical (unpaired) electrons. The second kappa shape index (κ2) is 19.2. The summed E-state index contributed by atoms with van der Waals surface area (Å²) in [6.07, 6.45) is 1.93. The molecule has 4 heterocycles. The van der Waals surface area contributed by atoms with Crippen molar-refractivity contribution in [2.24, 2.45) is 35.0 Å². The zero-order valence-electron chi connectivity index (χ0n) is 38.1. The van der Waals surface area contributed by atoms with E-state index in [4.69, 9.17) is 44.8 Å². The van der Waals surface area contributed by atoms with E-state index in [2.05, 4.69) is 0 Å². The lowest BCUT2D eigenvalue weighted by Crippen LogP contribution is -2.61. The highest BCUT2D eigenvalue weighted by Crippen LogP contribution is 2.55. The van der Waals surface area contributed by atoms with Gasteiger partial charge in [0.05, 0.1) is 23.7 Å². The van der Waals surface area contributed by atoms with Crippen LogP contribution in [0.1, 0.15) is 101 Å². The fourth-order valence-electron chi connectivity index (χ4n) is 11.5. The molecule has 1 aromatic rings. The van der Waals surface area contributed by atoms with E-state index < -0.39 is 126 Å². The van der Waals surface area contributed by atoms with Crippen LogP contribution in [0.15, 0.2) is 59.6 Å². The molecule has 6 N–H and O–H groups in total. The van der Waals surface area contributed by atoms with Crippen LogP contribution in [0.3, 0.4) is 0 Å². The Morgan fingerprint density at radius 2 is 1.64 bits per heavy atom. The Bertz CT molecular complexity index is 2240. The van der Waals surface area contributed by atoms with Crippen molar-refractivity contribution >= 4 is 35.5 Å². The van der Waals surface area contributed by atoms with Gasteiger partial charge >= 0.3 is 23.9 Å². The summed E-state index contributed by atoms with van der Waals surface area (Å²) in [6.45, 7) is 8.23. The minimum Gasteiger partial charge on any atom is -0.507 e. The Labute approximate surface area is 393 Å². The number of phenolic OH excluding ortho intramolecular Hbond substituents is 1. The fraction of sp³-hybridized carbons (Fsp3) is 0.633. The van der Waals surface area contributed by atoms with Crippen LogP contribution in [0.2, 0.25) is 5.02 Å². The lowest BCUT2D eigenvalue weighted by atomic mass is 9.55. The average molecular weight is 957 g/mol. The summed E-state index contributed by atoms with van der Waals surface area (Å²) in [4.78, 5) is 53.7. The number of aromatic hydroxyl groups is 1. The monoisotopic (exact) mass is 956 g/mol. The summed E-state index contributed by atoms with van der Waals surface area (Å²) < 4.78 is 42.3. The number of hydrogen-bond donors (Lipinski definition) is 6. The van der Waals surface area contributed by atoms with E-state index in [9.17, 15) is 49.8 Å². The van der Waals surface area contributed by atoms with E-state index in [0.29, 0.717) is 37.7 Å². The number of benzene rings is 1. The van der Waals surface area contributed by atoms with Crippen LogP contribution in [-0.2, 0) is 47.5 Å². The van der Waals surface area contributed by atoms with Crippen molar-refractivity contribution < 1.29 is 83.0 Å². The van der Waals surface area contributed by atoms with Gasteiger partial charge in [-0.3, -0.25) is 4.79 Å². The zero-order valence-corrected chi connectivity index (χ0v) is 38.9. The largest absolute Gasteiger partial charge is 0.507 e. The first-order valence-electron chi connectivity index (χ1n) is 23.3. The Morgan fingerprint density at radius 1 is 0.881 bits per heavy atom. The second-order valence-corrected chi connectivity index (χ2v) is 19.9. The minimum atomic E-state index is -1.65. The number of hydrogen-bond acceptors (Lipinski definition) is 16. The molecule has 2 bridgehead atoms. The maximum absolute atomic E-state index is 14.8. The molecule has 1 aromatic carbocycles. The molecule has 0 amide bonds. The molecule has 67 heavy (non-hydrogen) atoms. The number of esters is 3. The van der Waals surface area contributed by atoms with E-state index >= 15 is 0 Å². The average Bonchev–Trinajstić information content (AvgIpc) is 3.50. The predicted octanol–water partition coefficient (Wildman–Crippen LogP) is 5.63. The number of halogens is 1. The molecule has 4 aliphatic heterocycles. The van der Waals surface area contributed by atoms with Gasteiger partial charge in [0.25, 0.3) is 5.76 Å². The first kappa shape index (κ1) is 49.1. The summed E-state index contributed by atoms with van der Waals surface area (Å²) in [7, 11) is 0. The number of aliphatic carboxylic acids is 1.